The summed E-state index contributed by atoms with van der Waals surface area (Å²) in [6.45, 7) is 0.801. The number of methoxy groups -OCH3 is 1. The zero-order valence-corrected chi connectivity index (χ0v) is 19.1. The molecule has 0 amide bonds. The van der Waals surface area contributed by atoms with Gasteiger partial charge in [0.2, 0.25) is 0 Å². The molecule has 6 nitrogen and oxygen atoms in total. The maximum absolute atomic E-state index is 12.3. The van der Waals surface area contributed by atoms with E-state index in [9.17, 15) is 4.79 Å². The van der Waals surface area contributed by atoms with E-state index < -0.39 is 37.0 Å². The quantitative estimate of drug-likeness (QED) is 0.395. The summed E-state index contributed by atoms with van der Waals surface area (Å²) in [5, 5.41) is 0. The molecule has 1 heterocycles. The molecule has 34 heavy (non-hydrogen) atoms. The first kappa shape index (κ1) is 22.9. The monoisotopic (exact) mass is 463 g/mol. The van der Waals surface area contributed by atoms with Crippen LogP contribution in [0.3, 0.4) is 0 Å². The molecular formula is C28H30O6. The summed E-state index contributed by atoms with van der Waals surface area (Å²) in [5.74, 6) is 0. The van der Waals surface area contributed by atoms with Crippen LogP contribution in [0.15, 0.2) is 91.0 Å². The third-order valence-corrected chi connectivity index (χ3v) is 5.70. The third kappa shape index (κ3) is 6.38. The first-order valence-corrected chi connectivity index (χ1v) is 11.3. The Balaban J connectivity index is 1.60. The second-order valence-corrected chi connectivity index (χ2v) is 8.06. The molecule has 0 aliphatic carbocycles. The summed E-state index contributed by atoms with van der Waals surface area (Å²) in [5.41, 5.74) is 2.87. The van der Waals surface area contributed by atoms with Crippen molar-refractivity contribution < 1.29 is 29.8 Å². The predicted octanol–water partition coefficient (Wildman–Crippen LogP) is 4.31. The number of carbonyl (C=O) groups excluding carboxylic acids is 1. The number of benzene rings is 3. The van der Waals surface area contributed by atoms with Crippen molar-refractivity contribution in [2.45, 2.75) is 50.5 Å². The van der Waals surface area contributed by atoms with Gasteiger partial charge in [0, 0.05) is 7.11 Å². The molecule has 3 aromatic carbocycles. The molecule has 1 aliphatic heterocycles. The van der Waals surface area contributed by atoms with E-state index in [1.807, 2.05) is 91.0 Å². The second-order valence-electron chi connectivity index (χ2n) is 8.06. The average molecular weight is 464 g/mol. The van der Waals surface area contributed by atoms with Gasteiger partial charge >= 0.3 is 0 Å². The Morgan fingerprint density at radius 1 is 0.706 bits per heavy atom. The van der Waals surface area contributed by atoms with Gasteiger partial charge in [0.1, 0.15) is 25.8 Å². The maximum Gasteiger partial charge on any atom is 0.187 e. The van der Waals surface area contributed by atoms with Gasteiger partial charge in [0.15, 0.2) is 12.6 Å². The molecule has 1 aliphatic rings. The van der Waals surface area contributed by atoms with Crippen molar-refractivity contribution in [3.8, 4) is 0 Å². The summed E-state index contributed by atoms with van der Waals surface area (Å²) >= 11 is 0. The van der Waals surface area contributed by atoms with E-state index >= 15 is 0 Å². The van der Waals surface area contributed by atoms with E-state index in [0.29, 0.717) is 6.61 Å². The fraction of sp³-hybridized carbons (Fsp3) is 0.321. The van der Waals surface area contributed by atoms with Gasteiger partial charge in [-0.3, -0.25) is 0 Å². The van der Waals surface area contributed by atoms with Gasteiger partial charge in [-0.15, -0.1) is 0 Å². The van der Waals surface area contributed by atoms with Crippen LogP contribution < -0.4 is 0 Å². The van der Waals surface area contributed by atoms with Gasteiger partial charge in [0.05, 0.1) is 19.8 Å². The summed E-state index contributed by atoms with van der Waals surface area (Å²) in [7, 11) is 1.48. The lowest BCUT2D eigenvalue weighted by atomic mass is 9.98. The first-order chi connectivity index (χ1) is 17.2. The fourth-order valence-corrected chi connectivity index (χ4v) is 3.94. The van der Waals surface area contributed by atoms with Gasteiger partial charge in [-0.2, -0.15) is 0 Å². The topological polar surface area (TPSA) is 63.2 Å². The molecule has 4 rings (SSSR count). The Kier molecular flexibility index (Phi) is 8.45. The molecule has 0 bridgehead atoms. The second kappa shape index (κ2) is 12.6. The van der Waals surface area contributed by atoms with E-state index in [4.69, 9.17) is 25.1 Å². The lowest BCUT2D eigenvalue weighted by molar-refractivity contribution is -0.309. The lowest BCUT2D eigenvalue weighted by Gasteiger charge is -2.44. The van der Waals surface area contributed by atoms with E-state index in [0.717, 1.165) is 16.7 Å². The Labute approximate surface area is 201 Å². The molecule has 1 fully saturated rings. The van der Waals surface area contributed by atoms with Crippen LogP contribution >= 0.6 is 0 Å². The van der Waals surface area contributed by atoms with E-state index in [2.05, 4.69) is 0 Å². The summed E-state index contributed by atoms with van der Waals surface area (Å²) < 4.78 is 38.1. The Hall–Kier alpha value is -2.87. The Morgan fingerprint density at radius 2 is 1.12 bits per heavy atom. The van der Waals surface area contributed by atoms with Crippen molar-refractivity contribution >= 4 is 6.26 Å². The van der Waals surface area contributed by atoms with Crippen LogP contribution in [0.5, 0.6) is 0 Å². The van der Waals surface area contributed by atoms with Crippen molar-refractivity contribution in [3.05, 3.63) is 108 Å². The highest BCUT2D eigenvalue weighted by atomic mass is 16.7. The lowest BCUT2D eigenvalue weighted by Crippen LogP contribution is -2.61. The number of aldehydes is 1. The molecule has 0 N–H and O–H groups in total. The molecule has 3 aromatic rings. The van der Waals surface area contributed by atoms with Crippen LogP contribution in [0, 0.1) is 0 Å². The molecule has 0 aromatic heterocycles. The van der Waals surface area contributed by atoms with Crippen LogP contribution in [-0.2, 0) is 48.3 Å². The molecular weight excluding hydrogens is 432 g/mol. The Morgan fingerprint density at radius 3 is 1.53 bits per heavy atom. The molecule has 0 radical (unpaired) electrons. The molecule has 178 valence electrons. The van der Waals surface area contributed by atoms with E-state index in [1.165, 1.54) is 7.11 Å². The zero-order chi connectivity index (χ0) is 24.5. The minimum absolute atomic E-state index is 0.229. The zero-order valence-electron chi connectivity index (χ0n) is 20.1. The van der Waals surface area contributed by atoms with Gasteiger partial charge in [-0.05, 0) is 16.7 Å². The third-order valence-electron chi connectivity index (χ3n) is 5.70. The summed E-state index contributed by atoms with van der Waals surface area (Å²) in [6, 6.07) is 29.1. The van der Waals surface area contributed by atoms with Crippen molar-refractivity contribution in [2.75, 3.05) is 7.11 Å². The van der Waals surface area contributed by atoms with Crippen LogP contribution in [0.4, 0.5) is 0 Å². The largest absolute Gasteiger partial charge is 0.368 e. The van der Waals surface area contributed by atoms with Crippen molar-refractivity contribution in [1.82, 2.24) is 0 Å². The van der Waals surface area contributed by atoms with E-state index in [-0.39, 0.29) is 13.2 Å². The van der Waals surface area contributed by atoms with Gasteiger partial charge < -0.3 is 28.5 Å². The fourth-order valence-electron chi connectivity index (χ4n) is 3.94. The number of carbonyl (C=O) groups is 1. The Bertz CT molecular complexity index is 1030. The number of hydrogen-bond donors (Lipinski definition) is 0. The van der Waals surface area contributed by atoms with E-state index in [1.54, 1.807) is 0 Å². The summed E-state index contributed by atoms with van der Waals surface area (Å²) in [4.78, 5) is 12.3. The minimum Gasteiger partial charge on any atom is -0.368 e. The smallest absolute Gasteiger partial charge is 0.187 e. The van der Waals surface area contributed by atoms with Gasteiger partial charge in [0.25, 0.3) is 0 Å². The van der Waals surface area contributed by atoms with Crippen molar-refractivity contribution in [1.29, 1.82) is 0 Å². The normalized spacial score (nSPS) is 25.0. The number of rotatable bonds is 11. The van der Waals surface area contributed by atoms with Crippen LogP contribution in [0.25, 0.3) is 0 Å². The van der Waals surface area contributed by atoms with Gasteiger partial charge in [-0.25, -0.2) is 0 Å². The molecule has 5 atom stereocenters. The van der Waals surface area contributed by atoms with Crippen LogP contribution in [0.1, 0.15) is 18.1 Å². The number of ether oxygens (including phenoxy) is 5. The highest BCUT2D eigenvalue weighted by Crippen LogP contribution is 2.30. The molecule has 1 unspecified atom stereocenters. The van der Waals surface area contributed by atoms with Crippen molar-refractivity contribution in [2.24, 2.45) is 0 Å². The maximum atomic E-state index is 12.3. The number of hydrogen-bond acceptors (Lipinski definition) is 6. The van der Waals surface area contributed by atoms with Crippen molar-refractivity contribution in [3.63, 3.8) is 0 Å². The molecule has 6 heteroatoms. The van der Waals surface area contributed by atoms with Crippen LogP contribution in [0.2, 0.25) is 0 Å². The highest BCUT2D eigenvalue weighted by Gasteiger charge is 2.48. The highest BCUT2D eigenvalue weighted by molar-refractivity contribution is 5.57. The molecule has 0 saturated carbocycles. The molecule has 1 saturated heterocycles. The van der Waals surface area contributed by atoms with Crippen LogP contribution in [-0.4, -0.2) is 44.1 Å². The standard InChI is InChI=1S/C28H30O6/c1-30-28-27(33-20-23-15-9-4-10-16-23)26(32-19-22-13-7-3-8-14-22)25(24(17-29)34-28)31-18-21-11-5-2-6-12-21/h2-17,24-28H,18-20H2,1H3/t24-,25-,26+,27-,28?/m1/s1/i17D. The van der Waals surface area contributed by atoms with Gasteiger partial charge in [-0.1, -0.05) is 91.0 Å². The minimum atomic E-state index is -1.18. The molecule has 0 spiro atoms. The predicted molar refractivity (Wildman–Crippen MR) is 127 cm³/mol. The SMILES string of the molecule is [2H]C(=O)[C@H]1OC(OC)[C@H](OCc2ccccc2)[C@@H](OCc2ccccc2)[C@@H]1OCc1ccccc1. The summed E-state index contributed by atoms with van der Waals surface area (Å²) in [6.07, 6.45) is -5.27. The first-order valence-electron chi connectivity index (χ1n) is 11.8. The average Bonchev–Trinajstić information content (AvgIpc) is 2.91.